The van der Waals surface area contributed by atoms with Crippen molar-refractivity contribution in [2.45, 2.75) is 128 Å². The molecule has 15 atom stereocenters. The molecule has 5 fully saturated rings. The maximum absolute atomic E-state index is 12.3. The molecule has 12 nitrogen and oxygen atoms in total. The number of hydrogen-bond acceptors (Lipinski definition) is 11. The third-order valence-corrected chi connectivity index (χ3v) is 13.8. The second-order valence-electron chi connectivity index (χ2n) is 15.3. The van der Waals surface area contributed by atoms with Gasteiger partial charge >= 0.3 is 29.6 Å². The summed E-state index contributed by atoms with van der Waals surface area (Å²) in [5.74, 6) is 1.24. The Kier molecular flexibility index (Phi) is 12.8. The summed E-state index contributed by atoms with van der Waals surface area (Å²) in [6.07, 6.45) is 1.20. The summed E-state index contributed by atoms with van der Waals surface area (Å²) >= 11 is 0. The average Bonchev–Trinajstić information content (AvgIpc) is 3.35. The van der Waals surface area contributed by atoms with Crippen LogP contribution in [-0.4, -0.2) is 106 Å². The largest absolute Gasteiger partial charge is 1.00 e. The Morgan fingerprint density at radius 3 is 2.41 bits per heavy atom. The summed E-state index contributed by atoms with van der Waals surface area (Å²) < 4.78 is 42.5. The SMILES string of the molecule is C[C@H](CCC([O-])=NCCS(=O)(=O)O)[C@H]1CC[C@H]2[C@@H]3CC[C@@H]4C[C@H](O[C@@H]5O[C@H](CO)[C@@H](O)[C@H](O)[C@H]5O)CC[C@]4(C)[C@H]3C[C@H](O)[C@]12C.[Na+]. The Bertz CT molecular complexity index is 1170. The molecule has 4 saturated carbocycles. The zero-order chi connectivity index (χ0) is 32.9. The minimum Gasteiger partial charge on any atom is -0.862 e. The number of rotatable bonds is 10. The van der Waals surface area contributed by atoms with E-state index in [0.29, 0.717) is 30.1 Å². The zero-order valence-corrected chi connectivity index (χ0v) is 30.6. The maximum Gasteiger partial charge on any atom is 1.00 e. The van der Waals surface area contributed by atoms with Crippen LogP contribution in [0.4, 0.5) is 0 Å². The molecule has 0 aromatic heterocycles. The number of aliphatic hydroxyl groups excluding tert-OH is 5. The fraction of sp³-hybridized carbons (Fsp3) is 0.969. The molecule has 1 heterocycles. The van der Waals surface area contributed by atoms with E-state index in [9.17, 15) is 39.1 Å². The summed E-state index contributed by atoms with van der Waals surface area (Å²) in [6, 6.07) is 0. The van der Waals surface area contributed by atoms with Gasteiger partial charge in [0.25, 0.3) is 10.1 Å². The van der Waals surface area contributed by atoms with Crippen LogP contribution in [0.2, 0.25) is 0 Å². The fourth-order valence-electron chi connectivity index (χ4n) is 10.6. The quantitative estimate of drug-likeness (QED) is 0.0482. The molecule has 0 amide bonds. The standard InChI is InChI=1S/C32H55NO11S.Na/c1-17(4-9-26(36)33-12-13-45(40,41)42)21-7-8-22-20-6-5-18-14-19(43-30-29(39)28(38)27(37)24(16-34)44-30)10-11-31(18,2)23(20)15-25(35)32(21,22)3;/h17-25,27-30,34-35,37-39H,4-16H2,1-3H3,(H,33,36)(H,40,41,42);/q;+1/p-1/t17-,18-,19-,20+,21-,22+,23+,24-,25+,27-,28+,29-,30-,31+,32-;/m1./s1. The van der Waals surface area contributed by atoms with Gasteiger partial charge < -0.3 is 45.1 Å². The summed E-state index contributed by atoms with van der Waals surface area (Å²) in [6.45, 7) is 6.05. The molecule has 1 aliphatic heterocycles. The van der Waals surface area contributed by atoms with Gasteiger partial charge in [0.15, 0.2) is 6.29 Å². The Hall–Kier alpha value is 0.1000. The average molecular weight is 684 g/mol. The molecule has 0 unspecified atom stereocenters. The number of ether oxygens (including phenoxy) is 2. The van der Waals surface area contributed by atoms with Crippen molar-refractivity contribution >= 4 is 16.0 Å². The van der Waals surface area contributed by atoms with Crippen molar-refractivity contribution in [3.8, 4) is 0 Å². The van der Waals surface area contributed by atoms with E-state index in [2.05, 4.69) is 25.8 Å². The number of aliphatic imine (C=N–C) groups is 1. The normalized spacial score (nSPS) is 46.8. The third-order valence-electron chi connectivity index (χ3n) is 13.1. The minimum atomic E-state index is -4.15. The molecular weight excluding hydrogens is 629 g/mol. The van der Waals surface area contributed by atoms with Gasteiger partial charge in [0.2, 0.25) is 0 Å². The molecule has 0 bridgehead atoms. The van der Waals surface area contributed by atoms with Crippen LogP contribution in [0, 0.1) is 46.3 Å². The molecule has 5 rings (SSSR count). The van der Waals surface area contributed by atoms with Gasteiger partial charge in [-0.25, -0.2) is 0 Å². The van der Waals surface area contributed by atoms with Crippen LogP contribution in [0.3, 0.4) is 0 Å². The van der Waals surface area contributed by atoms with Crippen molar-refractivity contribution < 1.29 is 82.6 Å². The Labute approximate surface area is 295 Å². The van der Waals surface area contributed by atoms with Crippen molar-refractivity contribution in [3.05, 3.63) is 0 Å². The summed E-state index contributed by atoms with van der Waals surface area (Å²) in [5.41, 5.74) is -0.196. The van der Waals surface area contributed by atoms with E-state index in [1.165, 1.54) is 0 Å². The molecular formula is C32H54NNaO11S. The molecule has 6 N–H and O–H groups in total. The summed E-state index contributed by atoms with van der Waals surface area (Å²) in [4.78, 5) is 3.79. The van der Waals surface area contributed by atoms with Gasteiger partial charge in [-0.2, -0.15) is 8.42 Å². The van der Waals surface area contributed by atoms with Gasteiger partial charge in [-0.3, -0.25) is 4.55 Å². The summed E-state index contributed by atoms with van der Waals surface area (Å²) in [7, 11) is -4.15. The topological polar surface area (TPSA) is 209 Å². The maximum atomic E-state index is 12.3. The van der Waals surface area contributed by atoms with Gasteiger partial charge in [0, 0.05) is 0 Å². The predicted molar refractivity (Wildman–Crippen MR) is 162 cm³/mol. The molecule has 0 aromatic rings. The van der Waals surface area contributed by atoms with Crippen molar-refractivity contribution in [1.82, 2.24) is 0 Å². The second kappa shape index (κ2) is 15.1. The first-order valence-corrected chi connectivity index (χ1v) is 18.5. The Morgan fingerprint density at radius 2 is 1.74 bits per heavy atom. The van der Waals surface area contributed by atoms with Crippen LogP contribution in [0.5, 0.6) is 0 Å². The monoisotopic (exact) mass is 683 g/mol. The van der Waals surface area contributed by atoms with Gasteiger partial charge in [-0.05, 0) is 116 Å². The minimum absolute atomic E-state index is 0. The van der Waals surface area contributed by atoms with Crippen LogP contribution in [0.25, 0.3) is 0 Å². The first-order chi connectivity index (χ1) is 21.1. The number of fused-ring (bicyclic) bond motifs is 5. The number of hydrogen-bond donors (Lipinski definition) is 6. The van der Waals surface area contributed by atoms with E-state index in [1.807, 2.05) is 0 Å². The van der Waals surface area contributed by atoms with Crippen LogP contribution in [-0.2, 0) is 19.6 Å². The molecule has 1 saturated heterocycles. The van der Waals surface area contributed by atoms with Gasteiger partial charge in [-0.1, -0.05) is 20.8 Å². The molecule has 260 valence electrons. The molecule has 0 aromatic carbocycles. The molecule has 14 heteroatoms. The van der Waals surface area contributed by atoms with Crippen molar-refractivity contribution in [2.75, 3.05) is 18.9 Å². The first-order valence-electron chi connectivity index (χ1n) is 16.9. The van der Waals surface area contributed by atoms with Crippen molar-refractivity contribution in [3.63, 3.8) is 0 Å². The van der Waals surface area contributed by atoms with Gasteiger partial charge in [-0.15, -0.1) is 0 Å². The van der Waals surface area contributed by atoms with Gasteiger partial charge in [0.1, 0.15) is 24.4 Å². The second-order valence-corrected chi connectivity index (χ2v) is 16.8. The zero-order valence-electron chi connectivity index (χ0n) is 27.8. The molecule has 4 aliphatic carbocycles. The van der Waals surface area contributed by atoms with E-state index in [4.69, 9.17) is 14.0 Å². The molecule has 0 radical (unpaired) electrons. The fourth-order valence-corrected chi connectivity index (χ4v) is 10.9. The Morgan fingerprint density at radius 1 is 1.02 bits per heavy atom. The molecule has 0 spiro atoms. The predicted octanol–water partition coefficient (Wildman–Crippen LogP) is -2.13. The van der Waals surface area contributed by atoms with Crippen molar-refractivity contribution in [1.29, 1.82) is 0 Å². The number of aliphatic hydroxyl groups is 5. The Balaban J connectivity index is 0.00000480. The van der Waals surface area contributed by atoms with E-state index in [0.717, 1.165) is 51.4 Å². The van der Waals surface area contributed by atoms with E-state index in [-0.39, 0.29) is 77.2 Å². The van der Waals surface area contributed by atoms with E-state index >= 15 is 0 Å². The third kappa shape index (κ3) is 7.56. The number of nitrogens with zero attached hydrogens (tertiary/aromatic N) is 1. The molecule has 5 aliphatic rings. The van der Waals surface area contributed by atoms with Crippen LogP contribution in [0.15, 0.2) is 4.99 Å². The van der Waals surface area contributed by atoms with Crippen LogP contribution >= 0.6 is 0 Å². The van der Waals surface area contributed by atoms with Crippen LogP contribution in [0.1, 0.15) is 85.0 Å². The van der Waals surface area contributed by atoms with Crippen LogP contribution < -0.4 is 34.7 Å². The molecule has 46 heavy (non-hydrogen) atoms. The van der Waals surface area contributed by atoms with Crippen molar-refractivity contribution in [2.24, 2.45) is 51.3 Å². The van der Waals surface area contributed by atoms with E-state index in [1.54, 1.807) is 0 Å². The first kappa shape index (κ1) is 38.9. The van der Waals surface area contributed by atoms with Gasteiger partial charge in [0.05, 0.1) is 31.1 Å². The smallest absolute Gasteiger partial charge is 0.862 e. The van der Waals surface area contributed by atoms with E-state index < -0.39 is 59.3 Å². The summed E-state index contributed by atoms with van der Waals surface area (Å²) in [5, 5.41) is 64.5.